The Morgan fingerprint density at radius 1 is 1.20 bits per heavy atom. The molecule has 1 unspecified atom stereocenters. The minimum Gasteiger partial charge on any atom is -0.612 e. The van der Waals surface area contributed by atoms with E-state index in [4.69, 9.17) is 11.6 Å². The molecule has 0 amide bonds. The zero-order chi connectivity index (χ0) is 14.3. The molecule has 1 heterocycles. The number of aryl methyl sites for hydroxylation is 1. The molecule has 5 heteroatoms. The van der Waals surface area contributed by atoms with Crippen molar-refractivity contribution in [3.63, 3.8) is 0 Å². The van der Waals surface area contributed by atoms with Crippen molar-refractivity contribution in [1.82, 2.24) is 9.55 Å². The topological polar surface area (TPSA) is 40.9 Å². The Balaban J connectivity index is 2.28. The van der Waals surface area contributed by atoms with Crippen LogP contribution in [0.2, 0.25) is 5.02 Å². The first kappa shape index (κ1) is 13.5. The summed E-state index contributed by atoms with van der Waals surface area (Å²) in [6, 6.07) is 13.2. The fourth-order valence-electron chi connectivity index (χ4n) is 2.31. The van der Waals surface area contributed by atoms with Crippen molar-refractivity contribution in [3.8, 4) is 11.4 Å². The summed E-state index contributed by atoms with van der Waals surface area (Å²) in [7, 11) is 1.94. The van der Waals surface area contributed by atoms with E-state index >= 15 is 0 Å². The van der Waals surface area contributed by atoms with Gasteiger partial charge in [-0.05, 0) is 41.5 Å². The number of hydrogen-bond acceptors (Lipinski definition) is 2. The van der Waals surface area contributed by atoms with E-state index in [9.17, 15) is 4.55 Å². The van der Waals surface area contributed by atoms with E-state index in [0.717, 1.165) is 27.3 Å². The summed E-state index contributed by atoms with van der Waals surface area (Å²) < 4.78 is 13.9. The standard InChI is InChI=1S/C15H13ClN2OS/c1-18-13-9-10(16)7-8-12(13)17-15(18)11-5-3-4-6-14(11)20(2)19/h3-9H,1-2H3. The highest BCUT2D eigenvalue weighted by Gasteiger charge is 2.18. The summed E-state index contributed by atoms with van der Waals surface area (Å²) in [5.41, 5.74) is 2.73. The number of rotatable bonds is 2. The Labute approximate surface area is 125 Å². The van der Waals surface area contributed by atoms with Crippen LogP contribution in [0, 0.1) is 0 Å². The SMILES string of the molecule is Cn1c(-c2ccccc2[S+](C)[O-])nc2ccc(Cl)cc21. The molecular formula is C15H13ClN2OS. The summed E-state index contributed by atoms with van der Waals surface area (Å²) in [5, 5.41) is 0.680. The van der Waals surface area contributed by atoms with E-state index in [1.165, 1.54) is 0 Å². The summed E-state index contributed by atoms with van der Waals surface area (Å²) in [6.07, 6.45) is 1.68. The normalized spacial score (nSPS) is 12.8. The third kappa shape index (κ3) is 2.20. The second-order valence-electron chi connectivity index (χ2n) is 4.58. The Kier molecular flexibility index (Phi) is 3.46. The van der Waals surface area contributed by atoms with Crippen molar-refractivity contribution in [1.29, 1.82) is 0 Å². The van der Waals surface area contributed by atoms with E-state index in [1.807, 2.05) is 54.1 Å². The number of nitrogens with zero attached hydrogens (tertiary/aromatic N) is 2. The maximum absolute atomic E-state index is 11.9. The van der Waals surface area contributed by atoms with Crippen LogP contribution in [0.1, 0.15) is 0 Å². The van der Waals surface area contributed by atoms with Gasteiger partial charge < -0.3 is 9.12 Å². The summed E-state index contributed by atoms with van der Waals surface area (Å²) in [6.45, 7) is 0. The zero-order valence-electron chi connectivity index (χ0n) is 11.1. The van der Waals surface area contributed by atoms with Gasteiger partial charge in [-0.3, -0.25) is 0 Å². The molecule has 0 N–H and O–H groups in total. The lowest BCUT2D eigenvalue weighted by Crippen LogP contribution is -2.02. The van der Waals surface area contributed by atoms with Crippen LogP contribution >= 0.6 is 11.6 Å². The third-order valence-electron chi connectivity index (χ3n) is 3.28. The molecule has 0 aliphatic carbocycles. The Morgan fingerprint density at radius 3 is 2.70 bits per heavy atom. The van der Waals surface area contributed by atoms with Crippen molar-refractivity contribution < 1.29 is 4.55 Å². The highest BCUT2D eigenvalue weighted by molar-refractivity contribution is 7.90. The van der Waals surface area contributed by atoms with Crippen molar-refractivity contribution in [2.75, 3.05) is 6.26 Å². The van der Waals surface area contributed by atoms with Crippen LogP contribution in [0.3, 0.4) is 0 Å². The lowest BCUT2D eigenvalue weighted by Gasteiger charge is -2.10. The van der Waals surface area contributed by atoms with Gasteiger partial charge in [0.2, 0.25) is 0 Å². The van der Waals surface area contributed by atoms with E-state index in [0.29, 0.717) is 5.02 Å². The molecule has 0 fully saturated rings. The molecule has 0 aliphatic heterocycles. The van der Waals surface area contributed by atoms with Gasteiger partial charge in [0.25, 0.3) is 0 Å². The predicted octanol–water partition coefficient (Wildman–Crippen LogP) is 3.63. The summed E-state index contributed by atoms with van der Waals surface area (Å²) in [5.74, 6) is 0.799. The average molecular weight is 305 g/mol. The highest BCUT2D eigenvalue weighted by atomic mass is 35.5. The first-order valence-electron chi connectivity index (χ1n) is 6.13. The van der Waals surface area contributed by atoms with Crippen molar-refractivity contribution in [2.24, 2.45) is 7.05 Å². The molecule has 1 atom stereocenters. The number of hydrogen-bond donors (Lipinski definition) is 0. The fraction of sp³-hybridized carbons (Fsp3) is 0.133. The van der Waals surface area contributed by atoms with E-state index < -0.39 is 11.2 Å². The van der Waals surface area contributed by atoms with Crippen molar-refractivity contribution in [3.05, 3.63) is 47.5 Å². The summed E-state index contributed by atoms with van der Waals surface area (Å²) in [4.78, 5) is 5.43. The van der Waals surface area contributed by atoms with Crippen LogP contribution < -0.4 is 0 Å². The minimum atomic E-state index is -1.05. The van der Waals surface area contributed by atoms with E-state index in [1.54, 1.807) is 6.26 Å². The van der Waals surface area contributed by atoms with Gasteiger partial charge in [0.1, 0.15) is 12.1 Å². The number of fused-ring (bicyclic) bond motifs is 1. The molecule has 0 saturated carbocycles. The lowest BCUT2D eigenvalue weighted by atomic mass is 10.2. The van der Waals surface area contributed by atoms with Gasteiger partial charge in [-0.25, -0.2) is 4.98 Å². The quantitative estimate of drug-likeness (QED) is 0.678. The van der Waals surface area contributed by atoms with E-state index in [-0.39, 0.29) is 0 Å². The van der Waals surface area contributed by atoms with Crippen molar-refractivity contribution >= 4 is 33.8 Å². The van der Waals surface area contributed by atoms with Gasteiger partial charge >= 0.3 is 0 Å². The van der Waals surface area contributed by atoms with Crippen LogP contribution in [0.15, 0.2) is 47.4 Å². The van der Waals surface area contributed by atoms with Crippen LogP contribution in [-0.4, -0.2) is 20.4 Å². The molecule has 0 saturated heterocycles. The lowest BCUT2D eigenvalue weighted by molar-refractivity contribution is 0.601. The maximum atomic E-state index is 11.9. The van der Waals surface area contributed by atoms with Gasteiger partial charge in [0.15, 0.2) is 4.90 Å². The predicted molar refractivity (Wildman–Crippen MR) is 83.5 cm³/mol. The van der Waals surface area contributed by atoms with Crippen molar-refractivity contribution in [2.45, 2.75) is 4.90 Å². The van der Waals surface area contributed by atoms with Crippen LogP contribution in [0.25, 0.3) is 22.4 Å². The molecule has 3 aromatic rings. The smallest absolute Gasteiger partial charge is 0.163 e. The first-order chi connectivity index (χ1) is 9.58. The number of benzene rings is 2. The number of halogens is 1. The maximum Gasteiger partial charge on any atom is 0.163 e. The van der Waals surface area contributed by atoms with Gasteiger partial charge in [0, 0.05) is 12.1 Å². The molecule has 102 valence electrons. The van der Waals surface area contributed by atoms with Gasteiger partial charge in [-0.2, -0.15) is 0 Å². The molecular weight excluding hydrogens is 292 g/mol. The Bertz CT molecular complexity index is 783. The third-order valence-corrected chi connectivity index (χ3v) is 4.49. The molecule has 0 bridgehead atoms. The Morgan fingerprint density at radius 2 is 1.95 bits per heavy atom. The van der Waals surface area contributed by atoms with Crippen LogP contribution in [0.4, 0.5) is 0 Å². The number of imidazole rings is 1. The van der Waals surface area contributed by atoms with Crippen LogP contribution in [0.5, 0.6) is 0 Å². The number of aromatic nitrogens is 2. The zero-order valence-corrected chi connectivity index (χ0v) is 12.7. The summed E-state index contributed by atoms with van der Waals surface area (Å²) >= 11 is 4.98. The molecule has 3 rings (SSSR count). The van der Waals surface area contributed by atoms with Crippen LogP contribution in [-0.2, 0) is 18.2 Å². The molecule has 0 radical (unpaired) electrons. The second kappa shape index (κ2) is 5.13. The molecule has 0 spiro atoms. The molecule has 3 nitrogen and oxygen atoms in total. The fourth-order valence-corrected chi connectivity index (χ4v) is 3.21. The first-order valence-corrected chi connectivity index (χ1v) is 8.06. The average Bonchev–Trinajstić information content (AvgIpc) is 2.76. The highest BCUT2D eigenvalue weighted by Crippen LogP contribution is 2.30. The van der Waals surface area contributed by atoms with E-state index in [2.05, 4.69) is 4.98 Å². The molecule has 1 aromatic heterocycles. The molecule has 20 heavy (non-hydrogen) atoms. The second-order valence-corrected chi connectivity index (χ2v) is 6.36. The Hall–Kier alpha value is -1.49. The van der Waals surface area contributed by atoms with Gasteiger partial charge in [-0.15, -0.1) is 0 Å². The monoisotopic (exact) mass is 304 g/mol. The molecule has 0 aliphatic rings. The molecule has 2 aromatic carbocycles. The minimum absolute atomic E-state index is 0.680. The van der Waals surface area contributed by atoms with Gasteiger partial charge in [-0.1, -0.05) is 23.7 Å². The van der Waals surface area contributed by atoms with Gasteiger partial charge in [0.05, 0.1) is 16.6 Å². The largest absolute Gasteiger partial charge is 0.612 e.